The summed E-state index contributed by atoms with van der Waals surface area (Å²) in [4.78, 5) is 12.8. The molecule has 35 heavy (non-hydrogen) atoms. The minimum absolute atomic E-state index is 0.00919. The lowest BCUT2D eigenvalue weighted by Crippen LogP contribution is -2.38. The summed E-state index contributed by atoms with van der Waals surface area (Å²) in [5.41, 5.74) is -2.51. The Kier molecular flexibility index (Phi) is 7.34. The van der Waals surface area contributed by atoms with Crippen molar-refractivity contribution in [2.75, 3.05) is 0 Å². The predicted molar refractivity (Wildman–Crippen MR) is 109 cm³/mol. The van der Waals surface area contributed by atoms with Gasteiger partial charge in [0.25, 0.3) is 18.0 Å². The topological polar surface area (TPSA) is 76.3 Å². The second kappa shape index (κ2) is 9.90. The van der Waals surface area contributed by atoms with Gasteiger partial charge in [-0.1, -0.05) is 0 Å². The number of hydrogen-bond donors (Lipinski definition) is 2. The smallest absolute Gasteiger partial charge is 0.478 e. The maximum atomic E-state index is 14.3. The number of nitrogens with zero attached hydrogens (tertiary/aromatic N) is 1. The second-order valence-corrected chi connectivity index (χ2v) is 7.61. The highest BCUT2D eigenvalue weighted by Crippen LogP contribution is 2.31. The van der Waals surface area contributed by atoms with Crippen molar-refractivity contribution < 1.29 is 45.4 Å². The van der Waals surface area contributed by atoms with Gasteiger partial charge in [0.1, 0.15) is 17.7 Å². The first-order chi connectivity index (χ1) is 16.3. The Morgan fingerprint density at radius 1 is 1.03 bits per heavy atom. The van der Waals surface area contributed by atoms with Crippen LogP contribution >= 0.6 is 0 Å². The fourth-order valence-corrected chi connectivity index (χ4v) is 3.31. The molecule has 0 saturated heterocycles. The van der Waals surface area contributed by atoms with E-state index < -0.39 is 58.3 Å². The number of alkyl halides is 5. The number of nitrogens with one attached hydrogen (secondary N) is 1. The molecule has 0 aliphatic carbocycles. The van der Waals surface area contributed by atoms with Crippen LogP contribution in [0, 0.1) is 16.8 Å². The van der Waals surface area contributed by atoms with Crippen molar-refractivity contribution in [2.24, 2.45) is 0 Å². The third-order valence-electron chi connectivity index (χ3n) is 5.12. The van der Waals surface area contributed by atoms with Crippen molar-refractivity contribution in [3.8, 4) is 11.1 Å². The van der Waals surface area contributed by atoms with Gasteiger partial charge in [0.2, 0.25) is 0 Å². The fourth-order valence-electron chi connectivity index (χ4n) is 3.31. The van der Waals surface area contributed by atoms with E-state index in [2.05, 4.69) is 5.32 Å². The van der Waals surface area contributed by atoms with E-state index in [4.69, 9.17) is 0 Å². The highest BCUT2D eigenvalue weighted by molar-refractivity contribution is 5.96. The van der Waals surface area contributed by atoms with E-state index in [1.165, 1.54) is 6.92 Å². The van der Waals surface area contributed by atoms with Crippen molar-refractivity contribution in [1.82, 2.24) is 5.32 Å². The normalized spacial score (nSPS) is 13.5. The molecule has 0 aliphatic heterocycles. The van der Waals surface area contributed by atoms with E-state index in [1.807, 2.05) is 0 Å². The standard InChI is InChI=1S/C23H17F7N2O3/c1-11(12-2-5-19(23(28,29)30)32(35)10-12)31-22(34)15-7-13(6-14(8-15)20(33)21(26)27)17-4-3-16(24)9-18(17)25/h2-11,20-21,33H,1H3,(H,31,34)/t11-,20?/m1/s1. The number of rotatable bonds is 6. The minimum atomic E-state index is -4.88. The van der Waals surface area contributed by atoms with Crippen LogP contribution in [0.15, 0.2) is 54.7 Å². The van der Waals surface area contributed by atoms with Crippen LogP contribution in [-0.2, 0) is 6.18 Å². The first-order valence-corrected chi connectivity index (χ1v) is 9.95. The van der Waals surface area contributed by atoms with Crippen LogP contribution in [-0.4, -0.2) is 17.4 Å². The third kappa shape index (κ3) is 5.88. The average molecular weight is 502 g/mol. The van der Waals surface area contributed by atoms with Gasteiger partial charge in [-0.3, -0.25) is 4.79 Å². The molecule has 0 fully saturated rings. The quantitative estimate of drug-likeness (QED) is 0.281. The summed E-state index contributed by atoms with van der Waals surface area (Å²) in [6.07, 6.45) is -9.82. The largest absolute Gasteiger partial charge is 0.618 e. The number of hydrogen-bond acceptors (Lipinski definition) is 3. The zero-order chi connectivity index (χ0) is 26.1. The van der Waals surface area contributed by atoms with E-state index in [9.17, 15) is 45.8 Å². The number of aliphatic hydroxyl groups is 1. The average Bonchev–Trinajstić information content (AvgIpc) is 2.77. The fraction of sp³-hybridized carbons (Fsp3) is 0.217. The van der Waals surface area contributed by atoms with Gasteiger partial charge in [-0.15, -0.1) is 0 Å². The Morgan fingerprint density at radius 3 is 2.29 bits per heavy atom. The van der Waals surface area contributed by atoms with Gasteiger partial charge in [-0.05, 0) is 54.4 Å². The SMILES string of the molecule is C[C@@H](NC(=O)c1cc(-c2ccc(F)cc2F)cc(C(O)C(F)F)c1)c1ccc(C(F)(F)F)[n+]([O-])c1. The minimum Gasteiger partial charge on any atom is -0.618 e. The lowest BCUT2D eigenvalue weighted by Gasteiger charge is -2.17. The van der Waals surface area contributed by atoms with Crippen LogP contribution < -0.4 is 10.0 Å². The van der Waals surface area contributed by atoms with Gasteiger partial charge < -0.3 is 15.6 Å². The molecule has 186 valence electrons. The van der Waals surface area contributed by atoms with Crippen LogP contribution in [0.4, 0.5) is 30.7 Å². The van der Waals surface area contributed by atoms with E-state index in [0.717, 1.165) is 36.4 Å². The van der Waals surface area contributed by atoms with Crippen molar-refractivity contribution >= 4 is 5.91 Å². The molecule has 12 heteroatoms. The van der Waals surface area contributed by atoms with E-state index in [-0.39, 0.29) is 22.3 Å². The first-order valence-electron chi connectivity index (χ1n) is 9.95. The number of benzene rings is 2. The molecule has 0 aliphatic rings. The highest BCUT2D eigenvalue weighted by atomic mass is 19.4. The number of aliphatic hydroxyl groups excluding tert-OH is 1. The maximum absolute atomic E-state index is 14.3. The molecule has 1 heterocycles. The number of carbonyl (C=O) groups excluding carboxylic acids is 1. The monoisotopic (exact) mass is 502 g/mol. The van der Waals surface area contributed by atoms with Crippen molar-refractivity contribution in [3.05, 3.63) is 94.0 Å². The summed E-state index contributed by atoms with van der Waals surface area (Å²) in [5, 5.41) is 23.9. The molecule has 1 aromatic heterocycles. The van der Waals surface area contributed by atoms with Crippen LogP contribution in [0.2, 0.25) is 0 Å². The third-order valence-corrected chi connectivity index (χ3v) is 5.12. The Morgan fingerprint density at radius 2 is 1.71 bits per heavy atom. The molecule has 2 N–H and O–H groups in total. The van der Waals surface area contributed by atoms with Gasteiger partial charge in [0.05, 0.1) is 6.04 Å². The molecule has 0 spiro atoms. The molecule has 5 nitrogen and oxygen atoms in total. The van der Waals surface area contributed by atoms with Crippen molar-refractivity contribution in [2.45, 2.75) is 31.7 Å². The molecule has 1 amide bonds. The number of amides is 1. The number of aromatic nitrogens is 1. The van der Waals surface area contributed by atoms with Crippen LogP contribution in [0.3, 0.4) is 0 Å². The van der Waals surface area contributed by atoms with Gasteiger partial charge >= 0.3 is 6.18 Å². The maximum Gasteiger partial charge on any atom is 0.478 e. The van der Waals surface area contributed by atoms with Crippen LogP contribution in [0.25, 0.3) is 11.1 Å². The number of carbonyl (C=O) groups is 1. The second-order valence-electron chi connectivity index (χ2n) is 7.61. The van der Waals surface area contributed by atoms with Crippen molar-refractivity contribution in [1.29, 1.82) is 0 Å². The summed E-state index contributed by atoms with van der Waals surface area (Å²) < 4.78 is 91.8. The summed E-state index contributed by atoms with van der Waals surface area (Å²) in [6, 6.07) is 6.08. The lowest BCUT2D eigenvalue weighted by atomic mass is 9.96. The van der Waals surface area contributed by atoms with Crippen LogP contribution in [0.5, 0.6) is 0 Å². The van der Waals surface area contributed by atoms with E-state index in [1.54, 1.807) is 0 Å². The number of halogens is 7. The zero-order valence-corrected chi connectivity index (χ0v) is 17.8. The van der Waals surface area contributed by atoms with Crippen molar-refractivity contribution in [3.63, 3.8) is 0 Å². The summed E-state index contributed by atoms with van der Waals surface area (Å²) >= 11 is 0. The molecule has 1 unspecified atom stereocenters. The molecule has 0 saturated carbocycles. The van der Waals surface area contributed by atoms with Gasteiger partial charge in [0.15, 0.2) is 6.20 Å². The molecule has 3 aromatic rings. The zero-order valence-electron chi connectivity index (χ0n) is 17.8. The predicted octanol–water partition coefficient (Wildman–Crippen LogP) is 5.07. The summed E-state index contributed by atoms with van der Waals surface area (Å²) in [6.45, 7) is 1.36. The Hall–Kier alpha value is -3.67. The number of pyridine rings is 1. The molecular weight excluding hydrogens is 485 g/mol. The molecule has 0 radical (unpaired) electrons. The Balaban J connectivity index is 1.96. The van der Waals surface area contributed by atoms with E-state index >= 15 is 0 Å². The summed E-state index contributed by atoms with van der Waals surface area (Å²) in [5.74, 6) is -2.85. The van der Waals surface area contributed by atoms with E-state index in [0.29, 0.717) is 18.3 Å². The molecule has 0 bridgehead atoms. The van der Waals surface area contributed by atoms with Gasteiger partial charge in [0, 0.05) is 28.8 Å². The van der Waals surface area contributed by atoms with Gasteiger partial charge in [-0.2, -0.15) is 17.9 Å². The Labute approximate surface area is 194 Å². The Bertz CT molecular complexity index is 1250. The van der Waals surface area contributed by atoms with Gasteiger partial charge in [-0.25, -0.2) is 17.6 Å². The van der Waals surface area contributed by atoms with Crippen LogP contribution in [0.1, 0.15) is 46.2 Å². The lowest BCUT2D eigenvalue weighted by molar-refractivity contribution is -0.629. The molecular formula is C23H17F7N2O3. The molecule has 3 rings (SSSR count). The molecule has 2 atom stereocenters. The first kappa shape index (κ1) is 25.9. The molecule has 2 aromatic carbocycles. The highest BCUT2D eigenvalue weighted by Gasteiger charge is 2.39. The summed E-state index contributed by atoms with van der Waals surface area (Å²) in [7, 11) is 0.